The predicted octanol–water partition coefficient (Wildman–Crippen LogP) is 16.0. The van der Waals surface area contributed by atoms with Gasteiger partial charge in [0.1, 0.15) is 30.4 Å². The van der Waals surface area contributed by atoms with E-state index in [1.807, 2.05) is 63.3 Å². The molecule has 0 bridgehead atoms. The van der Waals surface area contributed by atoms with E-state index in [1.165, 1.54) is 117 Å². The molecule has 0 amide bonds. The maximum atomic E-state index is 11.5. The van der Waals surface area contributed by atoms with Gasteiger partial charge in [0.2, 0.25) is 0 Å². The minimum atomic E-state index is -0.473. The second kappa shape index (κ2) is 64.2. The van der Waals surface area contributed by atoms with Gasteiger partial charge in [-0.1, -0.05) is 153 Å². The van der Waals surface area contributed by atoms with Crippen molar-refractivity contribution in [3.8, 4) is 0 Å². The second-order valence-electron chi connectivity index (χ2n) is 20.7. The Morgan fingerprint density at radius 3 is 1.66 bits per heavy atom. The summed E-state index contributed by atoms with van der Waals surface area (Å²) in [6.45, 7) is 62.6. The molecule has 1 aromatic carbocycles. The van der Waals surface area contributed by atoms with Gasteiger partial charge in [-0.3, -0.25) is 9.59 Å². The molecule has 5 rings (SSSR count). The fourth-order valence-electron chi connectivity index (χ4n) is 10.6. The van der Waals surface area contributed by atoms with Crippen molar-refractivity contribution >= 4 is 36.9 Å². The van der Waals surface area contributed by atoms with E-state index >= 15 is 0 Å². The van der Waals surface area contributed by atoms with E-state index < -0.39 is 5.41 Å². The Balaban J connectivity index is -0.000000104. The molecule has 3 saturated carbocycles. The predicted molar refractivity (Wildman–Crippen MR) is 305 cm³/mol. The number of allylic oxidation sites excluding steroid dienone is 7. The summed E-state index contributed by atoms with van der Waals surface area (Å²) in [5.74, 6) is 5.93. The van der Waals surface area contributed by atoms with Crippen molar-refractivity contribution in [1.82, 2.24) is 0 Å². The van der Waals surface area contributed by atoms with Gasteiger partial charge in [0, 0.05) is 58.1 Å². The maximum Gasteiger partial charge on any atom is 0 e. The number of carbonyl (C=O) groups excluding carboxylic acids is 5. The summed E-state index contributed by atoms with van der Waals surface area (Å²) in [4.78, 5) is 48.5. The van der Waals surface area contributed by atoms with Gasteiger partial charge in [-0.05, 0) is 170 Å². The molecule has 13 nitrogen and oxygen atoms in total. The van der Waals surface area contributed by atoms with Crippen molar-refractivity contribution in [1.29, 1.82) is 0 Å². The number of hydrogen-bond acceptors (Lipinski definition) is 7. The average molecular weight is 1260 g/mol. The molecule has 0 aliphatic heterocycles. The summed E-state index contributed by atoms with van der Waals surface area (Å²) in [6.07, 6.45) is 33.8. The largest absolute Gasteiger partial charge is 0 e. The molecule has 460 valence electrons. The monoisotopic (exact) mass is 1260 g/mol. The van der Waals surface area contributed by atoms with Crippen LogP contribution in [0.2, 0.25) is 0 Å². The van der Waals surface area contributed by atoms with Crippen molar-refractivity contribution in [2.45, 2.75) is 187 Å². The number of hydrogen-bond donors (Lipinski definition) is 0. The molecule has 0 spiro atoms. The summed E-state index contributed by atoms with van der Waals surface area (Å²) < 4.78 is 54.9. The van der Waals surface area contributed by atoms with E-state index in [9.17, 15) is 9.59 Å². The molecule has 0 aromatic heterocycles. The van der Waals surface area contributed by atoms with Crippen LogP contribution >= 0.6 is 0 Å². The number of benzene rings is 1. The van der Waals surface area contributed by atoms with Gasteiger partial charge in [-0.2, -0.15) is 0 Å². The van der Waals surface area contributed by atoms with Gasteiger partial charge in [0.25, 0.3) is 0 Å². The first-order valence-corrected chi connectivity index (χ1v) is 26.5. The van der Waals surface area contributed by atoms with Gasteiger partial charge in [0.15, 0.2) is 0 Å². The third-order valence-corrected chi connectivity index (χ3v) is 13.8. The average Bonchev–Trinajstić information content (AvgIpc) is 3.80. The Hall–Kier alpha value is -4.39. The smallest absolute Gasteiger partial charge is 0 e. The Kier molecular flexibility index (Phi) is 78.0. The first kappa shape index (κ1) is 99.6. The fraction of sp³-hybridized carbons (Fsp3) is 0.561. The molecule has 4 aliphatic rings. The van der Waals surface area contributed by atoms with E-state index in [2.05, 4.69) is 114 Å². The summed E-state index contributed by atoms with van der Waals surface area (Å²) in [7, 11) is 0. The number of aldehydes is 3. The molecule has 0 heterocycles. The summed E-state index contributed by atoms with van der Waals surface area (Å²) in [5, 5.41) is 0. The molecule has 0 radical (unpaired) electrons. The van der Waals surface area contributed by atoms with Gasteiger partial charge in [-0.25, -0.2) is 0 Å². The molecular formula is C66H94Fe3O13. The van der Waals surface area contributed by atoms with Crippen LogP contribution in [0.1, 0.15) is 192 Å². The Labute approximate surface area is 526 Å². The molecule has 1 aromatic rings. The Morgan fingerprint density at radius 2 is 1.21 bits per heavy atom. The summed E-state index contributed by atoms with van der Waals surface area (Å²) in [6, 6.07) is 9.73. The van der Waals surface area contributed by atoms with E-state index in [4.69, 9.17) is 51.8 Å². The van der Waals surface area contributed by atoms with Gasteiger partial charge < -0.3 is 23.9 Å². The van der Waals surface area contributed by atoms with Gasteiger partial charge in [-0.15, -0.1) is 0 Å². The molecule has 0 unspecified atom stereocenters. The van der Waals surface area contributed by atoms with Crippen LogP contribution in [0.25, 0.3) is 6.08 Å². The van der Waals surface area contributed by atoms with Crippen LogP contribution in [0, 0.1) is 91.7 Å². The second-order valence-corrected chi connectivity index (χ2v) is 20.7. The third kappa shape index (κ3) is 44.2. The zero-order chi connectivity index (χ0) is 63.2. The molecular weight excluding hydrogens is 1170 g/mol. The number of fused-ring (bicyclic) bond motifs is 5. The first-order valence-electron chi connectivity index (χ1n) is 26.5. The van der Waals surface area contributed by atoms with Crippen LogP contribution in [-0.4, -0.2) is 30.8 Å². The van der Waals surface area contributed by atoms with Crippen LogP contribution in [-0.2, 0) is 113 Å². The zero-order valence-corrected chi connectivity index (χ0v) is 54.5. The van der Waals surface area contributed by atoms with Crippen molar-refractivity contribution < 1.29 is 113 Å². The zero-order valence-electron chi connectivity index (χ0n) is 51.2. The molecule has 82 heavy (non-hydrogen) atoms. The van der Waals surface area contributed by atoms with Gasteiger partial charge in [0.05, 0.1) is 5.41 Å². The van der Waals surface area contributed by atoms with Crippen LogP contribution in [0.5, 0.6) is 0 Å². The number of rotatable bonds is 14. The number of ether oxygens (including phenoxy) is 2. The molecule has 4 aliphatic carbocycles. The standard InChI is InChI=1S/C28H46.C14H24O2.C12H12O2.3C2H4O.6CO.3Fe/c1-19(2)8-7-9-21(4)24-12-13-25-23-11-10-22-18-20(3)14-16-27(22,5)26(23)15-17-28(24,25)6;1-6-7-8-9-10-11-12(2)16-13(15)14(3,4)5;1-10(14-11(2)13)8-9-12-6-4-3-5-7-12;3*1-2-3;6*1-2;;;/h14,18-19,21,23-26H,7-13,15-17H2,1-6H3;10-11H,2,6-9H2,1,3-5H3;3-9H,1H2,2H3;3*2H,1H3;;;;;;;;;/b;11-10+;9-8+;;;;;;;;;;;;/t21-,23+,24-,25+,26+,27+,28-;;;;;;;;;;;;;;/m1............../s1. The maximum absolute atomic E-state index is 11.5. The van der Waals surface area contributed by atoms with Crippen molar-refractivity contribution in [3.63, 3.8) is 0 Å². The minimum Gasteiger partial charge on any atom is 0 e. The number of esters is 2. The fourth-order valence-corrected chi connectivity index (χ4v) is 10.6. The van der Waals surface area contributed by atoms with Crippen molar-refractivity contribution in [2.75, 3.05) is 0 Å². The van der Waals surface area contributed by atoms with Crippen LogP contribution in [0.15, 0.2) is 96.5 Å². The molecule has 7 atom stereocenters. The Morgan fingerprint density at radius 1 is 0.720 bits per heavy atom. The number of unbranched alkanes of at least 4 members (excludes halogenated alkanes) is 3. The molecule has 3 fully saturated rings. The van der Waals surface area contributed by atoms with E-state index in [0.717, 1.165) is 66.4 Å². The quantitative estimate of drug-likeness (QED) is 0.0256. The first-order chi connectivity index (χ1) is 37.6. The summed E-state index contributed by atoms with van der Waals surface area (Å²) in [5.41, 5.74) is 5.00. The molecule has 0 saturated heterocycles. The van der Waals surface area contributed by atoms with Crippen LogP contribution < -0.4 is 0 Å². The van der Waals surface area contributed by atoms with E-state index in [0.29, 0.717) is 22.3 Å². The molecule has 0 N–H and O–H groups in total. The SMILES string of the molecule is C=C(/C=C/CCCCC)OC(=O)C(C)(C)C.C=C(/C=C/c1ccccc1)OC(C)=O.CC1=CC[C@@]2(C)C(=C1)CC[C@H]1[C@@H]3CC[C@H]([C@H](C)CCCC(C)C)[C@@]3(C)CC[C@@H]12.CC=O.CC=O.CC=O.[C-]#[O+].[C-]#[O+].[C-]#[O+].[C-]#[O+].[C-]#[O+].[C-]#[O+].[Fe].[Fe].[Fe]. The van der Waals surface area contributed by atoms with Gasteiger partial charge >= 0.3 is 79.8 Å². The van der Waals surface area contributed by atoms with E-state index in [-0.39, 0.29) is 63.1 Å². The van der Waals surface area contributed by atoms with Crippen LogP contribution in [0.3, 0.4) is 0 Å². The topological polar surface area (TPSA) is 223 Å². The summed E-state index contributed by atoms with van der Waals surface area (Å²) >= 11 is 0. The third-order valence-electron chi connectivity index (χ3n) is 13.8. The van der Waals surface area contributed by atoms with Crippen molar-refractivity contribution in [3.05, 3.63) is 142 Å². The van der Waals surface area contributed by atoms with Crippen molar-refractivity contribution in [2.24, 2.45) is 51.8 Å². The number of carbonyl (C=O) groups is 5. The minimum absolute atomic E-state index is 0. The van der Waals surface area contributed by atoms with E-state index in [1.54, 1.807) is 17.7 Å². The Bertz CT molecular complexity index is 2030. The van der Waals surface area contributed by atoms with Crippen LogP contribution in [0.4, 0.5) is 0 Å². The normalized spacial score (nSPS) is 19.5. The molecule has 16 heteroatoms.